The Morgan fingerprint density at radius 1 is 0.553 bits per heavy atom. The molecule has 1 aromatic carbocycles. The first-order valence-electron chi connectivity index (χ1n) is 15.2. The highest BCUT2D eigenvalue weighted by Crippen LogP contribution is 2.20. The van der Waals surface area contributed by atoms with Gasteiger partial charge in [0.25, 0.3) is 0 Å². The Morgan fingerprint density at radius 3 is 1.34 bits per heavy atom. The Kier molecular flexibility index (Phi) is 24.2. The lowest BCUT2D eigenvalue weighted by Crippen LogP contribution is -3.00. The van der Waals surface area contributed by atoms with Gasteiger partial charge < -0.3 is 28.9 Å². The third-order valence-corrected chi connectivity index (χ3v) is 7.29. The number of halogens is 2. The van der Waals surface area contributed by atoms with Gasteiger partial charge in [-0.15, -0.1) is 12.4 Å². The predicted molar refractivity (Wildman–Crippen MR) is 168 cm³/mol. The molecule has 0 atom stereocenters. The predicted octanol–water partition coefficient (Wildman–Crippen LogP) is 7.20. The summed E-state index contributed by atoms with van der Waals surface area (Å²) in [5.74, 6) is 0. The molecule has 0 spiro atoms. The van der Waals surface area contributed by atoms with Crippen LogP contribution in [0.4, 0.5) is 5.69 Å². The van der Waals surface area contributed by atoms with Crippen molar-refractivity contribution in [2.24, 2.45) is 7.05 Å². The quantitative estimate of drug-likeness (QED) is 0.0785. The van der Waals surface area contributed by atoms with Crippen molar-refractivity contribution in [3.8, 4) is 0 Å². The number of pyridine rings is 1. The molecule has 4 heteroatoms. The smallest absolute Gasteiger partial charge is 0.169 e. The summed E-state index contributed by atoms with van der Waals surface area (Å²) in [6, 6.07) is 13.5. The molecule has 0 aliphatic carbocycles. The molecule has 0 amide bonds. The van der Waals surface area contributed by atoms with Crippen molar-refractivity contribution in [2.75, 3.05) is 18.0 Å². The number of anilines is 1. The van der Waals surface area contributed by atoms with Crippen molar-refractivity contribution in [1.82, 2.24) is 0 Å². The van der Waals surface area contributed by atoms with Gasteiger partial charge in [0.15, 0.2) is 12.4 Å². The molecule has 2 aromatic rings. The molecule has 1 aromatic heterocycles. The first-order valence-corrected chi connectivity index (χ1v) is 15.2. The first-order chi connectivity index (χ1) is 17.7. The number of aryl methyl sites for hydroxylation is 1. The second-order valence-corrected chi connectivity index (χ2v) is 10.7. The van der Waals surface area contributed by atoms with Crippen molar-refractivity contribution < 1.29 is 28.5 Å². The van der Waals surface area contributed by atoms with Crippen LogP contribution in [0.1, 0.15) is 128 Å². The number of benzene rings is 1. The van der Waals surface area contributed by atoms with E-state index in [-0.39, 0.29) is 36.4 Å². The Labute approximate surface area is 259 Å². The molecule has 2 rings (SSSR count). The van der Waals surface area contributed by atoms with Crippen LogP contribution < -0.4 is 33.4 Å². The molecule has 0 aliphatic rings. The third-order valence-electron chi connectivity index (χ3n) is 7.29. The molecule has 0 aliphatic heterocycles. The minimum absolute atomic E-state index is 0. The molecule has 0 fully saturated rings. The lowest BCUT2D eigenvalue weighted by Gasteiger charge is -2.25. The number of aromatic nitrogens is 1. The molecular weight excluding hydrogens is 599 g/mol. The van der Waals surface area contributed by atoms with Crippen LogP contribution in [0.3, 0.4) is 0 Å². The van der Waals surface area contributed by atoms with E-state index in [4.69, 9.17) is 0 Å². The van der Waals surface area contributed by atoms with Crippen LogP contribution in [0, 0.1) is 0 Å². The maximum absolute atomic E-state index is 2.65. The van der Waals surface area contributed by atoms with E-state index in [1.165, 1.54) is 133 Å². The van der Waals surface area contributed by atoms with Gasteiger partial charge >= 0.3 is 0 Å². The van der Waals surface area contributed by atoms with E-state index >= 15 is 0 Å². The average molecular weight is 655 g/mol. The second kappa shape index (κ2) is 24.9. The van der Waals surface area contributed by atoms with Gasteiger partial charge in [0, 0.05) is 30.9 Å². The Morgan fingerprint density at radius 2 is 0.921 bits per heavy atom. The zero-order valence-corrected chi connectivity index (χ0v) is 27.7. The van der Waals surface area contributed by atoms with Gasteiger partial charge in [-0.05, 0) is 36.1 Å². The van der Waals surface area contributed by atoms with Crippen LogP contribution in [-0.2, 0) is 7.05 Å². The molecular formula is C34H56ClIN2. The van der Waals surface area contributed by atoms with E-state index in [1.807, 2.05) is 0 Å². The SMILES string of the molecule is CCCCCCCCCCN(CCCCCCCCCC)c1ccc(C=Cc2cc[n+](C)cc2)cc1.Cl.[I-]. The van der Waals surface area contributed by atoms with Crippen LogP contribution in [0.15, 0.2) is 48.8 Å². The van der Waals surface area contributed by atoms with Crippen LogP contribution in [0.25, 0.3) is 12.2 Å². The summed E-state index contributed by atoms with van der Waals surface area (Å²) in [5, 5.41) is 0. The molecule has 38 heavy (non-hydrogen) atoms. The maximum Gasteiger partial charge on any atom is 0.169 e. The lowest BCUT2D eigenvalue weighted by atomic mass is 10.1. The van der Waals surface area contributed by atoms with Gasteiger partial charge in [0.1, 0.15) is 7.05 Å². The van der Waals surface area contributed by atoms with Crippen molar-refractivity contribution >= 4 is 30.2 Å². The number of hydrogen-bond donors (Lipinski definition) is 0. The number of rotatable bonds is 21. The van der Waals surface area contributed by atoms with E-state index in [0.717, 1.165) is 0 Å². The summed E-state index contributed by atoms with van der Waals surface area (Å²) in [7, 11) is 2.05. The van der Waals surface area contributed by atoms with Crippen molar-refractivity contribution in [3.63, 3.8) is 0 Å². The Bertz CT molecular complexity index is 784. The number of unbranched alkanes of at least 4 members (excludes halogenated alkanes) is 14. The zero-order valence-electron chi connectivity index (χ0n) is 24.7. The highest BCUT2D eigenvalue weighted by atomic mass is 127. The molecule has 0 radical (unpaired) electrons. The summed E-state index contributed by atoms with van der Waals surface area (Å²) < 4.78 is 2.07. The van der Waals surface area contributed by atoms with Gasteiger partial charge in [0.2, 0.25) is 0 Å². The molecule has 216 valence electrons. The standard InChI is InChI=1S/C34H55N2.ClH.HI/c1-4-6-8-10-12-14-16-18-28-36(29-19-17-15-13-11-9-7-5-2)34-24-22-32(23-25-34)20-21-33-26-30-35(3)31-27-33;;/h20-27,30-31H,4-19,28-29H2,1-3H3;2*1H/q+1;;/p-1. The summed E-state index contributed by atoms with van der Waals surface area (Å²) in [4.78, 5) is 2.65. The maximum atomic E-state index is 2.65. The molecule has 0 N–H and O–H groups in total. The number of hydrogen-bond acceptors (Lipinski definition) is 1. The summed E-state index contributed by atoms with van der Waals surface area (Å²) in [6.07, 6.45) is 30.8. The lowest BCUT2D eigenvalue weighted by molar-refractivity contribution is -0.671. The Hall–Kier alpha value is -1.07. The first kappa shape index (κ1) is 36.9. The van der Waals surface area contributed by atoms with E-state index in [0.29, 0.717) is 0 Å². The van der Waals surface area contributed by atoms with Crippen molar-refractivity contribution in [3.05, 3.63) is 59.9 Å². The fraction of sp³-hybridized carbons (Fsp3) is 0.618. The molecule has 0 unspecified atom stereocenters. The van der Waals surface area contributed by atoms with Gasteiger partial charge in [-0.2, -0.15) is 0 Å². The number of nitrogens with zero attached hydrogens (tertiary/aromatic N) is 2. The van der Waals surface area contributed by atoms with Gasteiger partial charge in [0.05, 0.1) is 0 Å². The minimum atomic E-state index is 0. The Balaban J connectivity index is 0.00000684. The fourth-order valence-corrected chi connectivity index (χ4v) is 4.86. The average Bonchev–Trinajstić information content (AvgIpc) is 2.90. The van der Waals surface area contributed by atoms with Crippen molar-refractivity contribution in [1.29, 1.82) is 0 Å². The summed E-state index contributed by atoms with van der Waals surface area (Å²) in [5.41, 5.74) is 3.90. The van der Waals surface area contributed by atoms with E-state index in [2.05, 4.69) is 91.3 Å². The van der Waals surface area contributed by atoms with Gasteiger partial charge in [-0.25, -0.2) is 4.57 Å². The van der Waals surface area contributed by atoms with Gasteiger partial charge in [-0.3, -0.25) is 0 Å². The highest BCUT2D eigenvalue weighted by molar-refractivity contribution is 5.85. The highest BCUT2D eigenvalue weighted by Gasteiger charge is 2.07. The normalized spacial score (nSPS) is 10.8. The topological polar surface area (TPSA) is 7.12 Å². The summed E-state index contributed by atoms with van der Waals surface area (Å²) >= 11 is 0. The molecule has 2 nitrogen and oxygen atoms in total. The molecule has 0 saturated heterocycles. The van der Waals surface area contributed by atoms with E-state index in [1.54, 1.807) is 0 Å². The largest absolute Gasteiger partial charge is 1.00 e. The second-order valence-electron chi connectivity index (χ2n) is 10.7. The van der Waals surface area contributed by atoms with Gasteiger partial charge in [-0.1, -0.05) is 128 Å². The van der Waals surface area contributed by atoms with Crippen LogP contribution >= 0.6 is 12.4 Å². The van der Waals surface area contributed by atoms with Crippen molar-refractivity contribution in [2.45, 2.75) is 117 Å². The van der Waals surface area contributed by atoms with Crippen LogP contribution in [-0.4, -0.2) is 13.1 Å². The third kappa shape index (κ3) is 17.5. The van der Waals surface area contributed by atoms with E-state index in [9.17, 15) is 0 Å². The summed E-state index contributed by atoms with van der Waals surface area (Å²) in [6.45, 7) is 6.99. The van der Waals surface area contributed by atoms with Crippen LogP contribution in [0.2, 0.25) is 0 Å². The van der Waals surface area contributed by atoms with Crippen LogP contribution in [0.5, 0.6) is 0 Å². The monoisotopic (exact) mass is 654 g/mol. The minimum Gasteiger partial charge on any atom is -1.00 e. The van der Waals surface area contributed by atoms with E-state index < -0.39 is 0 Å². The molecule has 0 saturated carbocycles. The molecule has 0 bridgehead atoms. The molecule has 1 heterocycles. The fourth-order valence-electron chi connectivity index (χ4n) is 4.86. The zero-order chi connectivity index (χ0) is 25.7.